The van der Waals surface area contributed by atoms with Gasteiger partial charge in [0.2, 0.25) is 5.78 Å². The Morgan fingerprint density at radius 2 is 1.96 bits per heavy atom. The van der Waals surface area contributed by atoms with E-state index in [9.17, 15) is 4.79 Å². The molecule has 23 heavy (non-hydrogen) atoms. The van der Waals surface area contributed by atoms with Crippen LogP contribution in [0.3, 0.4) is 0 Å². The Balaban J connectivity index is 1.50. The average Bonchev–Trinajstić information content (AvgIpc) is 3.10. The maximum atomic E-state index is 12.1. The number of ketones is 1. The van der Waals surface area contributed by atoms with Crippen molar-refractivity contribution >= 4 is 5.78 Å². The zero-order valence-electron chi connectivity index (χ0n) is 12.7. The lowest BCUT2D eigenvalue weighted by atomic mass is 10.1. The molecule has 0 amide bonds. The van der Waals surface area contributed by atoms with Gasteiger partial charge in [-0.15, -0.1) is 0 Å². The number of carbonyl (C=O) groups is 1. The Labute approximate surface area is 134 Å². The molecule has 116 valence electrons. The van der Waals surface area contributed by atoms with Gasteiger partial charge in [-0.25, -0.2) is 4.98 Å². The van der Waals surface area contributed by atoms with E-state index in [1.165, 1.54) is 5.56 Å². The predicted octanol–water partition coefficient (Wildman–Crippen LogP) is 3.73. The number of carbonyl (C=O) groups excluding carboxylic acids is 1. The molecule has 0 N–H and O–H groups in total. The first-order chi connectivity index (χ1) is 11.3. The fourth-order valence-corrected chi connectivity index (χ4v) is 2.30. The van der Waals surface area contributed by atoms with Gasteiger partial charge in [0.1, 0.15) is 5.69 Å². The summed E-state index contributed by atoms with van der Waals surface area (Å²) in [6.07, 6.45) is 9.93. The van der Waals surface area contributed by atoms with E-state index in [-0.39, 0.29) is 11.7 Å². The summed E-state index contributed by atoms with van der Waals surface area (Å²) in [5.41, 5.74) is 1.86. The van der Waals surface area contributed by atoms with Gasteiger partial charge in [0.15, 0.2) is 5.76 Å². The Hall–Kier alpha value is -2.82. The molecule has 3 heterocycles. The summed E-state index contributed by atoms with van der Waals surface area (Å²) in [5, 5.41) is 0. The number of aryl methyl sites for hydroxylation is 1. The van der Waals surface area contributed by atoms with Crippen LogP contribution >= 0.6 is 0 Å². The second-order valence-electron chi connectivity index (χ2n) is 5.24. The van der Waals surface area contributed by atoms with Crippen LogP contribution < -0.4 is 0 Å². The van der Waals surface area contributed by atoms with Crippen LogP contribution in [-0.2, 0) is 6.42 Å². The molecule has 0 aliphatic carbocycles. The number of unbranched alkanes of at least 4 members (excludes halogenated alkanes) is 1. The number of aromatic nitrogens is 3. The van der Waals surface area contributed by atoms with Crippen molar-refractivity contribution in [3.8, 4) is 11.5 Å². The monoisotopic (exact) mass is 307 g/mol. The van der Waals surface area contributed by atoms with E-state index in [1.807, 2.05) is 36.5 Å². The molecule has 0 atom stereocenters. The predicted molar refractivity (Wildman–Crippen MR) is 85.9 cm³/mol. The quantitative estimate of drug-likeness (QED) is 0.491. The molecule has 5 nitrogen and oxygen atoms in total. The van der Waals surface area contributed by atoms with Crippen LogP contribution in [0, 0.1) is 0 Å². The van der Waals surface area contributed by atoms with Gasteiger partial charge in [-0.1, -0.05) is 12.1 Å². The van der Waals surface area contributed by atoms with E-state index < -0.39 is 0 Å². The summed E-state index contributed by atoms with van der Waals surface area (Å²) in [4.78, 5) is 24.4. The van der Waals surface area contributed by atoms with Crippen molar-refractivity contribution < 1.29 is 9.21 Å². The van der Waals surface area contributed by atoms with Crippen LogP contribution in [0.25, 0.3) is 11.5 Å². The minimum Gasteiger partial charge on any atom is -0.432 e. The number of pyridine rings is 2. The van der Waals surface area contributed by atoms with E-state index in [0.717, 1.165) is 19.3 Å². The highest BCUT2D eigenvalue weighted by Gasteiger charge is 2.14. The maximum Gasteiger partial charge on any atom is 0.263 e. The minimum absolute atomic E-state index is 0.0710. The van der Waals surface area contributed by atoms with Gasteiger partial charge >= 0.3 is 0 Å². The molecule has 0 bridgehead atoms. The Morgan fingerprint density at radius 3 is 2.74 bits per heavy atom. The lowest BCUT2D eigenvalue weighted by Crippen LogP contribution is -1.99. The summed E-state index contributed by atoms with van der Waals surface area (Å²) in [6.45, 7) is 0. The van der Waals surface area contributed by atoms with Gasteiger partial charge in [0, 0.05) is 25.0 Å². The molecule has 0 aliphatic rings. The fraction of sp³-hybridized carbons (Fsp3) is 0.222. The second-order valence-corrected chi connectivity index (χ2v) is 5.24. The molecular formula is C18H17N3O2. The molecule has 0 unspecified atom stereocenters. The van der Waals surface area contributed by atoms with Crippen LogP contribution in [0.5, 0.6) is 0 Å². The third kappa shape index (κ3) is 4.10. The smallest absolute Gasteiger partial charge is 0.263 e. The van der Waals surface area contributed by atoms with Gasteiger partial charge in [-0.3, -0.25) is 14.8 Å². The molecular weight excluding hydrogens is 290 g/mol. The van der Waals surface area contributed by atoms with Crippen LogP contribution in [0.15, 0.2) is 59.5 Å². The molecule has 3 aromatic rings. The molecule has 0 fully saturated rings. The highest BCUT2D eigenvalue weighted by molar-refractivity contribution is 5.91. The summed E-state index contributed by atoms with van der Waals surface area (Å²) in [6, 6.07) is 9.48. The molecule has 0 aliphatic heterocycles. The third-order valence-electron chi connectivity index (χ3n) is 3.50. The highest BCUT2D eigenvalue weighted by Crippen LogP contribution is 2.18. The molecule has 0 saturated heterocycles. The Kier molecular flexibility index (Phi) is 4.88. The molecule has 0 spiro atoms. The molecule has 0 aromatic carbocycles. The zero-order valence-corrected chi connectivity index (χ0v) is 12.7. The van der Waals surface area contributed by atoms with Gasteiger partial charge in [0.25, 0.3) is 5.89 Å². The van der Waals surface area contributed by atoms with E-state index in [0.29, 0.717) is 17.9 Å². The van der Waals surface area contributed by atoms with E-state index in [4.69, 9.17) is 4.42 Å². The van der Waals surface area contributed by atoms with Crippen molar-refractivity contribution in [3.63, 3.8) is 0 Å². The molecule has 5 heteroatoms. The minimum atomic E-state index is -0.0710. The number of hydrogen-bond acceptors (Lipinski definition) is 5. The van der Waals surface area contributed by atoms with Crippen molar-refractivity contribution in [1.29, 1.82) is 0 Å². The van der Waals surface area contributed by atoms with E-state index in [1.54, 1.807) is 18.6 Å². The van der Waals surface area contributed by atoms with Crippen LogP contribution in [0.4, 0.5) is 0 Å². The van der Waals surface area contributed by atoms with Gasteiger partial charge in [-0.05, 0) is 43.0 Å². The van der Waals surface area contributed by atoms with Crippen molar-refractivity contribution in [2.45, 2.75) is 25.7 Å². The summed E-state index contributed by atoms with van der Waals surface area (Å²) >= 11 is 0. The van der Waals surface area contributed by atoms with Crippen molar-refractivity contribution in [3.05, 3.63) is 66.6 Å². The van der Waals surface area contributed by atoms with Gasteiger partial charge in [0.05, 0.1) is 6.20 Å². The summed E-state index contributed by atoms with van der Waals surface area (Å²) in [5.74, 6) is 0.606. The molecule has 3 rings (SSSR count). The maximum absolute atomic E-state index is 12.1. The van der Waals surface area contributed by atoms with Crippen molar-refractivity contribution in [1.82, 2.24) is 15.0 Å². The van der Waals surface area contributed by atoms with Crippen LogP contribution in [0.1, 0.15) is 35.5 Å². The average molecular weight is 307 g/mol. The number of Topliss-reactive ketones (excluding diaryl/α,β-unsaturated/α-hetero) is 1. The van der Waals surface area contributed by atoms with Gasteiger partial charge < -0.3 is 4.42 Å². The van der Waals surface area contributed by atoms with Crippen molar-refractivity contribution in [2.24, 2.45) is 0 Å². The number of nitrogens with zero attached hydrogens (tertiary/aromatic N) is 3. The standard InChI is InChI=1S/C18H17N3O2/c22-16(9-2-1-6-14-7-5-10-19-12-14)18-21-13-17(23-18)15-8-3-4-11-20-15/h3-5,7-8,10-13H,1-2,6,9H2. The van der Waals surface area contributed by atoms with E-state index in [2.05, 4.69) is 15.0 Å². The van der Waals surface area contributed by atoms with E-state index >= 15 is 0 Å². The SMILES string of the molecule is O=C(CCCCc1cccnc1)c1ncc(-c2ccccn2)o1. The number of oxazole rings is 1. The normalized spacial score (nSPS) is 10.6. The topological polar surface area (TPSA) is 68.9 Å². The fourth-order valence-electron chi connectivity index (χ4n) is 2.30. The first-order valence-electron chi connectivity index (χ1n) is 7.62. The van der Waals surface area contributed by atoms with Gasteiger partial charge in [-0.2, -0.15) is 0 Å². The third-order valence-corrected chi connectivity index (χ3v) is 3.50. The first-order valence-corrected chi connectivity index (χ1v) is 7.62. The first kappa shape index (κ1) is 15.1. The van der Waals surface area contributed by atoms with Crippen molar-refractivity contribution in [2.75, 3.05) is 0 Å². The molecule has 0 radical (unpaired) electrons. The Bertz CT molecular complexity index is 754. The second kappa shape index (κ2) is 7.45. The molecule has 3 aromatic heterocycles. The number of rotatable bonds is 7. The zero-order chi connectivity index (χ0) is 15.9. The number of hydrogen-bond donors (Lipinski definition) is 0. The summed E-state index contributed by atoms with van der Waals surface area (Å²) in [7, 11) is 0. The largest absolute Gasteiger partial charge is 0.432 e. The molecule has 0 saturated carbocycles. The lowest BCUT2D eigenvalue weighted by Gasteiger charge is -2.00. The lowest BCUT2D eigenvalue weighted by molar-refractivity contribution is 0.0946. The summed E-state index contributed by atoms with van der Waals surface area (Å²) < 4.78 is 5.51. The van der Waals surface area contributed by atoms with Crippen LogP contribution in [0.2, 0.25) is 0 Å². The van der Waals surface area contributed by atoms with Crippen LogP contribution in [-0.4, -0.2) is 20.7 Å². The Morgan fingerprint density at radius 1 is 1.00 bits per heavy atom. The highest BCUT2D eigenvalue weighted by atomic mass is 16.4.